The lowest BCUT2D eigenvalue weighted by Crippen LogP contribution is -2.00. The number of halogens is 1. The van der Waals surface area contributed by atoms with Crippen molar-refractivity contribution < 1.29 is 9.84 Å². The minimum atomic E-state index is 0.187. The normalized spacial score (nSPS) is 10.9. The molecule has 1 N–H and O–H groups in total. The van der Waals surface area contributed by atoms with Crippen LogP contribution in [0.3, 0.4) is 0 Å². The molecule has 0 saturated carbocycles. The lowest BCUT2D eigenvalue weighted by atomic mass is 9.97. The fourth-order valence-electron chi connectivity index (χ4n) is 1.81. The highest BCUT2D eigenvalue weighted by molar-refractivity contribution is 6.30. The van der Waals surface area contributed by atoms with Gasteiger partial charge in [0.05, 0.1) is 7.11 Å². The van der Waals surface area contributed by atoms with Gasteiger partial charge in [0, 0.05) is 11.6 Å². The summed E-state index contributed by atoms with van der Waals surface area (Å²) in [4.78, 5) is 0. The van der Waals surface area contributed by atoms with Crippen LogP contribution in [0.25, 0.3) is 0 Å². The number of methoxy groups -OCH3 is 1. The van der Waals surface area contributed by atoms with Gasteiger partial charge in [-0.2, -0.15) is 0 Å². The number of aryl methyl sites for hydroxylation is 1. The molecule has 0 aromatic heterocycles. The van der Waals surface area contributed by atoms with Crippen molar-refractivity contribution in [1.29, 1.82) is 0 Å². The highest BCUT2D eigenvalue weighted by Gasteiger charge is 2.13. The molecule has 0 aliphatic rings. The summed E-state index contributed by atoms with van der Waals surface area (Å²) in [5.41, 5.74) is 2.20. The van der Waals surface area contributed by atoms with Crippen molar-refractivity contribution in [1.82, 2.24) is 0 Å². The summed E-state index contributed by atoms with van der Waals surface area (Å²) in [6.07, 6.45) is 1.52. The van der Waals surface area contributed by atoms with Crippen LogP contribution in [0, 0.1) is 0 Å². The number of aliphatic hydroxyl groups excluding tert-OH is 1. The summed E-state index contributed by atoms with van der Waals surface area (Å²) in [5, 5.41) is 9.60. The molecule has 2 nitrogen and oxygen atoms in total. The Balaban J connectivity index is 3.14. The molecule has 0 atom stereocenters. The summed E-state index contributed by atoms with van der Waals surface area (Å²) in [6, 6.07) is 3.87. The average molecular weight is 243 g/mol. The van der Waals surface area contributed by atoms with Gasteiger partial charge in [0.25, 0.3) is 0 Å². The monoisotopic (exact) mass is 242 g/mol. The van der Waals surface area contributed by atoms with Crippen LogP contribution < -0.4 is 4.74 Å². The van der Waals surface area contributed by atoms with E-state index >= 15 is 0 Å². The maximum Gasteiger partial charge on any atom is 0.125 e. The summed E-state index contributed by atoms with van der Waals surface area (Å²) in [6.45, 7) is 4.42. The highest BCUT2D eigenvalue weighted by atomic mass is 35.5. The Morgan fingerprint density at radius 1 is 1.38 bits per heavy atom. The van der Waals surface area contributed by atoms with E-state index in [1.165, 1.54) is 0 Å². The van der Waals surface area contributed by atoms with Gasteiger partial charge in [0.1, 0.15) is 5.75 Å². The molecule has 90 valence electrons. The van der Waals surface area contributed by atoms with Crippen molar-refractivity contribution in [3.8, 4) is 5.75 Å². The lowest BCUT2D eigenvalue weighted by Gasteiger charge is -2.16. The number of ether oxygens (including phenoxy) is 1. The quantitative estimate of drug-likeness (QED) is 0.858. The Bertz CT molecular complexity index is 348. The first kappa shape index (κ1) is 13.3. The van der Waals surface area contributed by atoms with Crippen LogP contribution >= 0.6 is 11.6 Å². The summed E-state index contributed by atoms with van der Waals surface area (Å²) in [5.74, 6) is 1.29. The molecule has 1 rings (SSSR count). The molecular weight excluding hydrogens is 224 g/mol. The zero-order chi connectivity index (χ0) is 12.1. The molecule has 1 aromatic rings. The standard InChI is InChI=1S/C13H19ClO2/c1-9(2)12-8-11(14)7-10(5-4-6-15)13(12)16-3/h7-9,15H,4-6H2,1-3H3. The molecule has 1 aromatic carbocycles. The van der Waals surface area contributed by atoms with Crippen molar-refractivity contribution in [2.75, 3.05) is 13.7 Å². The Morgan fingerprint density at radius 2 is 2.06 bits per heavy atom. The second-order valence-electron chi connectivity index (χ2n) is 4.17. The van der Waals surface area contributed by atoms with Gasteiger partial charge in [-0.25, -0.2) is 0 Å². The Morgan fingerprint density at radius 3 is 2.56 bits per heavy atom. The summed E-state index contributed by atoms with van der Waals surface area (Å²) >= 11 is 6.08. The van der Waals surface area contributed by atoms with Crippen molar-refractivity contribution in [2.24, 2.45) is 0 Å². The summed E-state index contributed by atoms with van der Waals surface area (Å²) in [7, 11) is 1.68. The number of hydrogen-bond donors (Lipinski definition) is 1. The molecular formula is C13H19ClO2. The van der Waals surface area contributed by atoms with Crippen LogP contribution in [0.1, 0.15) is 37.3 Å². The van der Waals surface area contributed by atoms with Gasteiger partial charge in [-0.3, -0.25) is 0 Å². The average Bonchev–Trinajstić information content (AvgIpc) is 2.25. The second-order valence-corrected chi connectivity index (χ2v) is 4.61. The molecule has 3 heteroatoms. The Labute approximate surface area is 102 Å². The van der Waals surface area contributed by atoms with Crippen LogP contribution in [0.15, 0.2) is 12.1 Å². The van der Waals surface area contributed by atoms with E-state index in [4.69, 9.17) is 21.4 Å². The topological polar surface area (TPSA) is 29.5 Å². The van der Waals surface area contributed by atoms with E-state index < -0.39 is 0 Å². The maximum atomic E-state index is 8.87. The molecule has 0 heterocycles. The zero-order valence-electron chi connectivity index (χ0n) is 10.1. The lowest BCUT2D eigenvalue weighted by molar-refractivity contribution is 0.287. The molecule has 0 amide bonds. The van der Waals surface area contributed by atoms with Crippen LogP contribution in [-0.4, -0.2) is 18.8 Å². The van der Waals surface area contributed by atoms with Gasteiger partial charge < -0.3 is 9.84 Å². The van der Waals surface area contributed by atoms with Crippen LogP contribution in [0.5, 0.6) is 5.75 Å². The molecule has 0 unspecified atom stereocenters. The molecule has 0 radical (unpaired) electrons. The van der Waals surface area contributed by atoms with Crippen LogP contribution in [0.2, 0.25) is 5.02 Å². The molecule has 0 saturated heterocycles. The Kier molecular flexibility index (Phi) is 5.10. The van der Waals surface area contributed by atoms with Gasteiger partial charge in [0.15, 0.2) is 0 Å². The highest BCUT2D eigenvalue weighted by Crippen LogP contribution is 2.33. The van der Waals surface area contributed by atoms with Crippen molar-refractivity contribution >= 4 is 11.6 Å². The third-order valence-corrected chi connectivity index (χ3v) is 2.81. The molecule has 0 spiro atoms. The number of aliphatic hydroxyl groups is 1. The van der Waals surface area contributed by atoms with E-state index in [0.29, 0.717) is 5.92 Å². The first-order chi connectivity index (χ1) is 7.60. The van der Waals surface area contributed by atoms with E-state index in [1.54, 1.807) is 7.11 Å². The fraction of sp³-hybridized carbons (Fsp3) is 0.538. The smallest absolute Gasteiger partial charge is 0.125 e. The predicted octanol–water partition coefficient (Wildman–Crippen LogP) is 3.40. The minimum Gasteiger partial charge on any atom is -0.496 e. The zero-order valence-corrected chi connectivity index (χ0v) is 10.8. The summed E-state index contributed by atoms with van der Waals surface area (Å²) < 4.78 is 5.45. The molecule has 0 aliphatic carbocycles. The van der Waals surface area contributed by atoms with Crippen LogP contribution in [0.4, 0.5) is 0 Å². The van der Waals surface area contributed by atoms with E-state index in [2.05, 4.69) is 13.8 Å². The first-order valence-corrected chi connectivity index (χ1v) is 5.95. The SMILES string of the molecule is COc1c(CCCO)cc(Cl)cc1C(C)C. The van der Waals surface area contributed by atoms with E-state index in [9.17, 15) is 0 Å². The number of rotatable bonds is 5. The van der Waals surface area contributed by atoms with E-state index in [-0.39, 0.29) is 6.61 Å². The van der Waals surface area contributed by atoms with Gasteiger partial charge in [-0.05, 0) is 42.0 Å². The first-order valence-electron chi connectivity index (χ1n) is 5.57. The number of benzene rings is 1. The second kappa shape index (κ2) is 6.12. The van der Waals surface area contributed by atoms with Crippen molar-refractivity contribution in [2.45, 2.75) is 32.6 Å². The maximum absolute atomic E-state index is 8.87. The largest absolute Gasteiger partial charge is 0.496 e. The molecule has 0 aliphatic heterocycles. The predicted molar refractivity (Wildman–Crippen MR) is 67.5 cm³/mol. The van der Waals surface area contributed by atoms with Gasteiger partial charge >= 0.3 is 0 Å². The molecule has 0 bridgehead atoms. The van der Waals surface area contributed by atoms with Gasteiger partial charge in [0.2, 0.25) is 0 Å². The fourth-order valence-corrected chi connectivity index (χ4v) is 2.06. The molecule has 16 heavy (non-hydrogen) atoms. The van der Waals surface area contributed by atoms with Crippen molar-refractivity contribution in [3.05, 3.63) is 28.3 Å². The van der Waals surface area contributed by atoms with Gasteiger partial charge in [-0.1, -0.05) is 25.4 Å². The van der Waals surface area contributed by atoms with Gasteiger partial charge in [-0.15, -0.1) is 0 Å². The third-order valence-electron chi connectivity index (χ3n) is 2.59. The number of hydrogen-bond acceptors (Lipinski definition) is 2. The third kappa shape index (κ3) is 3.13. The molecule has 0 fully saturated rings. The minimum absolute atomic E-state index is 0.187. The van der Waals surface area contributed by atoms with E-state index in [1.807, 2.05) is 12.1 Å². The van der Waals surface area contributed by atoms with Crippen molar-refractivity contribution in [3.63, 3.8) is 0 Å². The van der Waals surface area contributed by atoms with E-state index in [0.717, 1.165) is 34.7 Å². The Hall–Kier alpha value is -0.730. The van der Waals surface area contributed by atoms with Crippen LogP contribution in [-0.2, 0) is 6.42 Å².